The number of rotatable bonds is 5. The largest absolute Gasteiger partial charge is 0.259 e. The molecule has 0 aliphatic rings. The minimum Gasteiger partial charge on any atom is -0.259 e. The monoisotopic (exact) mass is 176 g/mol. The van der Waals surface area contributed by atoms with Gasteiger partial charge in [0.05, 0.1) is 0 Å². The van der Waals surface area contributed by atoms with Crippen molar-refractivity contribution in [3.8, 4) is 0 Å². The number of hydrogen-bond donors (Lipinski definition) is 0. The molecule has 0 aromatic heterocycles. The maximum Gasteiger partial charge on any atom is 0.0347 e. The molecule has 0 aliphatic heterocycles. The summed E-state index contributed by atoms with van der Waals surface area (Å²) in [5.74, 6) is 0. The van der Waals surface area contributed by atoms with E-state index in [-0.39, 0.29) is 0 Å². The van der Waals surface area contributed by atoms with Crippen LogP contribution in [0.4, 0.5) is 0 Å². The highest BCUT2D eigenvalue weighted by Gasteiger charge is 2.15. The molecular formula is C9H20OS. The van der Waals surface area contributed by atoms with E-state index in [1.807, 2.05) is 13.8 Å². The second-order valence-corrected chi connectivity index (χ2v) is 5.46. The molecule has 0 N–H and O–H groups in total. The Morgan fingerprint density at radius 2 is 1.82 bits per heavy atom. The van der Waals surface area contributed by atoms with E-state index in [4.69, 9.17) is 0 Å². The first-order valence-corrected chi connectivity index (χ1v) is 5.80. The highest BCUT2D eigenvalue weighted by Crippen LogP contribution is 2.12. The van der Waals surface area contributed by atoms with E-state index in [0.717, 1.165) is 19.3 Å². The van der Waals surface area contributed by atoms with Gasteiger partial charge in [-0.2, -0.15) is 0 Å². The van der Waals surface area contributed by atoms with Crippen molar-refractivity contribution >= 4 is 10.8 Å². The van der Waals surface area contributed by atoms with Crippen molar-refractivity contribution in [3.63, 3.8) is 0 Å². The molecule has 2 unspecified atom stereocenters. The van der Waals surface area contributed by atoms with Gasteiger partial charge in [0.1, 0.15) is 0 Å². The van der Waals surface area contributed by atoms with Crippen LogP contribution in [0.15, 0.2) is 0 Å². The number of hydrogen-bond acceptors (Lipinski definition) is 1. The minimum absolute atomic E-state index is 0.325. The second kappa shape index (κ2) is 5.76. The maximum atomic E-state index is 11.6. The van der Waals surface area contributed by atoms with Crippen molar-refractivity contribution in [1.29, 1.82) is 0 Å². The summed E-state index contributed by atoms with van der Waals surface area (Å²) in [6.45, 7) is 8.35. The second-order valence-electron chi connectivity index (χ2n) is 3.20. The molecule has 0 aromatic carbocycles. The van der Waals surface area contributed by atoms with Crippen LogP contribution in [0.25, 0.3) is 0 Å². The summed E-state index contributed by atoms with van der Waals surface area (Å²) in [5.41, 5.74) is 0. The van der Waals surface area contributed by atoms with Crippen LogP contribution in [0, 0.1) is 0 Å². The Morgan fingerprint density at radius 3 is 2.09 bits per heavy atom. The smallest absolute Gasteiger partial charge is 0.0347 e. The zero-order valence-electron chi connectivity index (χ0n) is 8.09. The van der Waals surface area contributed by atoms with Crippen LogP contribution in [0.1, 0.15) is 47.0 Å². The molecule has 2 atom stereocenters. The summed E-state index contributed by atoms with van der Waals surface area (Å²) in [6.07, 6.45) is 3.32. The van der Waals surface area contributed by atoms with Gasteiger partial charge < -0.3 is 0 Å². The average Bonchev–Trinajstić information content (AvgIpc) is 1.98. The van der Waals surface area contributed by atoms with E-state index in [1.54, 1.807) is 0 Å². The standard InChI is InChI=1S/C9H20OS/c1-5-7-9(6-2)11(10)8(3)4/h8-9H,5-7H2,1-4H3. The van der Waals surface area contributed by atoms with Crippen LogP contribution in [-0.2, 0) is 10.8 Å². The molecule has 0 saturated carbocycles. The summed E-state index contributed by atoms with van der Waals surface area (Å²) in [5, 5.41) is 0.756. The van der Waals surface area contributed by atoms with Gasteiger partial charge in [-0.25, -0.2) is 0 Å². The van der Waals surface area contributed by atoms with Gasteiger partial charge in [-0.1, -0.05) is 34.1 Å². The fraction of sp³-hybridized carbons (Fsp3) is 1.00. The van der Waals surface area contributed by atoms with Crippen molar-refractivity contribution in [3.05, 3.63) is 0 Å². The van der Waals surface area contributed by atoms with Crippen LogP contribution in [-0.4, -0.2) is 14.7 Å². The zero-order valence-corrected chi connectivity index (χ0v) is 8.91. The van der Waals surface area contributed by atoms with E-state index >= 15 is 0 Å². The molecule has 0 saturated heterocycles. The molecule has 1 nitrogen and oxygen atoms in total. The van der Waals surface area contributed by atoms with E-state index in [9.17, 15) is 4.21 Å². The highest BCUT2D eigenvalue weighted by atomic mass is 32.2. The Kier molecular flexibility index (Phi) is 5.83. The van der Waals surface area contributed by atoms with Crippen LogP contribution >= 0.6 is 0 Å². The van der Waals surface area contributed by atoms with E-state index in [0.29, 0.717) is 10.5 Å². The molecule has 0 heterocycles. The quantitative estimate of drug-likeness (QED) is 0.629. The third-order valence-corrected chi connectivity index (χ3v) is 4.01. The highest BCUT2D eigenvalue weighted by molar-refractivity contribution is 7.86. The molecule has 0 fully saturated rings. The minimum atomic E-state index is -0.609. The molecule has 0 radical (unpaired) electrons. The average molecular weight is 176 g/mol. The van der Waals surface area contributed by atoms with Gasteiger partial charge in [0.15, 0.2) is 0 Å². The summed E-state index contributed by atoms with van der Waals surface area (Å²) < 4.78 is 11.6. The van der Waals surface area contributed by atoms with Gasteiger partial charge in [0.2, 0.25) is 0 Å². The maximum absolute atomic E-state index is 11.6. The van der Waals surface area contributed by atoms with Gasteiger partial charge in [-0.05, 0) is 12.8 Å². The van der Waals surface area contributed by atoms with Gasteiger partial charge >= 0.3 is 0 Å². The first-order chi connectivity index (χ1) is 5.13. The van der Waals surface area contributed by atoms with Gasteiger partial charge in [0, 0.05) is 21.3 Å². The van der Waals surface area contributed by atoms with Gasteiger partial charge in [0.25, 0.3) is 0 Å². The molecule has 0 rings (SSSR count). The third-order valence-electron chi connectivity index (χ3n) is 1.86. The van der Waals surface area contributed by atoms with Gasteiger partial charge in [-0.3, -0.25) is 4.21 Å². The van der Waals surface area contributed by atoms with Crippen LogP contribution in [0.3, 0.4) is 0 Å². The molecule has 0 spiro atoms. The Bertz CT molecular complexity index is 121. The summed E-state index contributed by atoms with van der Waals surface area (Å²) in [7, 11) is -0.609. The Balaban J connectivity index is 3.92. The van der Waals surface area contributed by atoms with E-state index < -0.39 is 10.8 Å². The topological polar surface area (TPSA) is 17.1 Å². The SMILES string of the molecule is CCCC(CC)S(=O)C(C)C. The molecule has 0 amide bonds. The van der Waals surface area contributed by atoms with Crippen molar-refractivity contribution in [2.24, 2.45) is 0 Å². The zero-order chi connectivity index (χ0) is 8.85. The summed E-state index contributed by atoms with van der Waals surface area (Å²) >= 11 is 0. The van der Waals surface area contributed by atoms with Crippen molar-refractivity contribution in [2.45, 2.75) is 57.5 Å². The Labute approximate surface area is 73.0 Å². The molecule has 68 valence electrons. The van der Waals surface area contributed by atoms with Crippen molar-refractivity contribution in [2.75, 3.05) is 0 Å². The molecule has 2 heteroatoms. The first kappa shape index (κ1) is 11.2. The molecular weight excluding hydrogens is 156 g/mol. The Hall–Kier alpha value is 0.150. The van der Waals surface area contributed by atoms with E-state index in [1.165, 1.54) is 0 Å². The predicted molar refractivity (Wildman–Crippen MR) is 52.3 cm³/mol. The molecule has 0 bridgehead atoms. The normalized spacial score (nSPS) is 16.8. The fourth-order valence-electron chi connectivity index (χ4n) is 1.19. The van der Waals surface area contributed by atoms with Crippen LogP contribution in [0.2, 0.25) is 0 Å². The molecule has 0 aliphatic carbocycles. The van der Waals surface area contributed by atoms with Crippen LogP contribution < -0.4 is 0 Å². The van der Waals surface area contributed by atoms with E-state index in [2.05, 4.69) is 13.8 Å². The molecule has 11 heavy (non-hydrogen) atoms. The molecule has 0 aromatic rings. The lowest BCUT2D eigenvalue weighted by Gasteiger charge is -2.15. The fourth-order valence-corrected chi connectivity index (χ4v) is 2.76. The van der Waals surface area contributed by atoms with Crippen LogP contribution in [0.5, 0.6) is 0 Å². The van der Waals surface area contributed by atoms with Crippen molar-refractivity contribution in [1.82, 2.24) is 0 Å². The summed E-state index contributed by atoms with van der Waals surface area (Å²) in [6, 6.07) is 0. The lowest BCUT2D eigenvalue weighted by atomic mass is 10.2. The summed E-state index contributed by atoms with van der Waals surface area (Å²) in [4.78, 5) is 0. The third kappa shape index (κ3) is 3.90. The predicted octanol–water partition coefficient (Wildman–Crippen LogP) is 2.72. The Morgan fingerprint density at radius 1 is 1.27 bits per heavy atom. The van der Waals surface area contributed by atoms with Crippen molar-refractivity contribution < 1.29 is 4.21 Å². The van der Waals surface area contributed by atoms with Gasteiger partial charge in [-0.15, -0.1) is 0 Å². The first-order valence-electron chi connectivity index (χ1n) is 4.52. The lowest BCUT2D eigenvalue weighted by molar-refractivity contribution is 0.636. The lowest BCUT2D eigenvalue weighted by Crippen LogP contribution is -2.21.